The van der Waals surface area contributed by atoms with Crippen LogP contribution >= 0.6 is 0 Å². The van der Waals surface area contributed by atoms with E-state index >= 15 is 0 Å². The van der Waals surface area contributed by atoms with Crippen LogP contribution in [0.1, 0.15) is 45.0 Å². The van der Waals surface area contributed by atoms with E-state index in [0.29, 0.717) is 18.7 Å². The van der Waals surface area contributed by atoms with Crippen LogP contribution in [0.2, 0.25) is 0 Å². The van der Waals surface area contributed by atoms with Crippen molar-refractivity contribution in [1.82, 2.24) is 9.88 Å². The number of pyridine rings is 1. The summed E-state index contributed by atoms with van der Waals surface area (Å²) in [6, 6.07) is 10.8. The van der Waals surface area contributed by atoms with Gasteiger partial charge in [-0.15, -0.1) is 0 Å². The van der Waals surface area contributed by atoms with Gasteiger partial charge in [-0.1, -0.05) is 24.3 Å². The first kappa shape index (κ1) is 17.1. The number of ether oxygens (including phenoxy) is 1. The Labute approximate surface area is 146 Å². The molecule has 0 bridgehead atoms. The lowest BCUT2D eigenvalue weighted by Crippen LogP contribution is -2.48. The number of aryl methyl sites for hydroxylation is 1. The molecule has 0 aliphatic carbocycles. The Morgan fingerprint density at radius 3 is 2.64 bits per heavy atom. The maximum atomic E-state index is 12.8. The first-order valence-corrected chi connectivity index (χ1v) is 8.15. The molecule has 1 aromatic heterocycles. The van der Waals surface area contributed by atoms with Gasteiger partial charge in [-0.2, -0.15) is 0 Å². The van der Waals surface area contributed by atoms with Gasteiger partial charge in [0, 0.05) is 6.20 Å². The van der Waals surface area contributed by atoms with Crippen LogP contribution in [0.25, 0.3) is 0 Å². The Kier molecular flexibility index (Phi) is 4.81. The van der Waals surface area contributed by atoms with Crippen LogP contribution in [0.3, 0.4) is 0 Å². The summed E-state index contributed by atoms with van der Waals surface area (Å²) in [7, 11) is 0. The van der Waals surface area contributed by atoms with Crippen LogP contribution in [-0.4, -0.2) is 46.1 Å². The van der Waals surface area contributed by atoms with Gasteiger partial charge in [-0.3, -0.25) is 4.79 Å². The standard InChI is InChI=1S/C19H20N2O4/c1-12-5-3-4-6-15(12)17-10-21(13(2)11-25-17)18(22)14-7-8-16(19(23)24)20-9-14/h3-9,13,17H,10-11H2,1-2H3,(H,23,24)/t13-,17-/m0/s1. The van der Waals surface area contributed by atoms with Crippen molar-refractivity contribution in [3.8, 4) is 0 Å². The zero-order valence-corrected chi connectivity index (χ0v) is 14.2. The number of aromatic nitrogens is 1. The Hall–Kier alpha value is -2.73. The minimum absolute atomic E-state index is 0.0630. The number of rotatable bonds is 3. The molecule has 2 heterocycles. The summed E-state index contributed by atoms with van der Waals surface area (Å²) in [6.45, 7) is 4.86. The highest BCUT2D eigenvalue weighted by atomic mass is 16.5. The fraction of sp³-hybridized carbons (Fsp3) is 0.316. The van der Waals surface area contributed by atoms with Crippen molar-refractivity contribution in [2.75, 3.05) is 13.2 Å². The second kappa shape index (κ2) is 7.03. The number of carboxylic acid groups (broad SMARTS) is 1. The molecular weight excluding hydrogens is 320 g/mol. The number of carboxylic acids is 1. The molecule has 1 saturated heterocycles. The summed E-state index contributed by atoms with van der Waals surface area (Å²) < 4.78 is 5.94. The van der Waals surface area contributed by atoms with E-state index in [4.69, 9.17) is 9.84 Å². The zero-order valence-electron chi connectivity index (χ0n) is 14.2. The summed E-state index contributed by atoms with van der Waals surface area (Å²) >= 11 is 0. The number of carbonyl (C=O) groups is 2. The molecule has 1 amide bonds. The first-order valence-electron chi connectivity index (χ1n) is 8.15. The molecular formula is C19H20N2O4. The largest absolute Gasteiger partial charge is 0.477 e. The van der Waals surface area contributed by atoms with Crippen LogP contribution < -0.4 is 0 Å². The summed E-state index contributed by atoms with van der Waals surface area (Å²) in [5.41, 5.74) is 2.50. The number of nitrogens with zero attached hydrogens (tertiary/aromatic N) is 2. The molecule has 2 aromatic rings. The Morgan fingerprint density at radius 1 is 1.24 bits per heavy atom. The van der Waals surface area contributed by atoms with Gasteiger partial charge in [0.25, 0.3) is 5.91 Å². The van der Waals surface area contributed by atoms with Gasteiger partial charge in [0.2, 0.25) is 0 Å². The van der Waals surface area contributed by atoms with Crippen LogP contribution in [0.4, 0.5) is 0 Å². The van der Waals surface area contributed by atoms with Crippen molar-refractivity contribution in [3.05, 3.63) is 65.0 Å². The second-order valence-electron chi connectivity index (χ2n) is 6.22. The summed E-state index contributed by atoms with van der Waals surface area (Å²) in [5.74, 6) is -1.28. The van der Waals surface area contributed by atoms with E-state index < -0.39 is 5.97 Å². The molecule has 25 heavy (non-hydrogen) atoms. The molecule has 3 rings (SSSR count). The third-order valence-corrected chi connectivity index (χ3v) is 4.46. The quantitative estimate of drug-likeness (QED) is 0.929. The Balaban J connectivity index is 1.81. The SMILES string of the molecule is Cc1ccccc1[C@@H]1CN(C(=O)c2ccc(C(=O)O)nc2)[C@@H](C)CO1. The van der Waals surface area contributed by atoms with Crippen molar-refractivity contribution >= 4 is 11.9 Å². The molecule has 1 aromatic carbocycles. The smallest absolute Gasteiger partial charge is 0.354 e. The number of hydrogen-bond donors (Lipinski definition) is 1. The zero-order chi connectivity index (χ0) is 18.0. The van der Waals surface area contributed by atoms with Gasteiger partial charge >= 0.3 is 5.97 Å². The van der Waals surface area contributed by atoms with Crippen LogP contribution in [0.5, 0.6) is 0 Å². The van der Waals surface area contributed by atoms with Gasteiger partial charge in [-0.05, 0) is 37.1 Å². The van der Waals surface area contributed by atoms with Crippen LogP contribution in [0, 0.1) is 6.92 Å². The van der Waals surface area contributed by atoms with Crippen molar-refractivity contribution < 1.29 is 19.4 Å². The monoisotopic (exact) mass is 340 g/mol. The minimum atomic E-state index is -1.11. The Morgan fingerprint density at radius 2 is 2.00 bits per heavy atom. The second-order valence-corrected chi connectivity index (χ2v) is 6.22. The number of morpholine rings is 1. The van der Waals surface area contributed by atoms with Crippen LogP contribution in [-0.2, 0) is 4.74 Å². The summed E-state index contributed by atoms with van der Waals surface area (Å²) in [6.07, 6.45) is 1.14. The molecule has 6 nitrogen and oxygen atoms in total. The maximum Gasteiger partial charge on any atom is 0.354 e. The molecule has 1 N–H and O–H groups in total. The summed E-state index contributed by atoms with van der Waals surface area (Å²) in [5, 5.41) is 8.92. The highest BCUT2D eigenvalue weighted by molar-refractivity contribution is 5.95. The van der Waals surface area contributed by atoms with Crippen LogP contribution in [0.15, 0.2) is 42.6 Å². The lowest BCUT2D eigenvalue weighted by atomic mass is 10.0. The normalized spacial score (nSPS) is 20.3. The molecule has 130 valence electrons. The van der Waals surface area contributed by atoms with Gasteiger partial charge in [0.1, 0.15) is 11.8 Å². The van der Waals surface area contributed by atoms with E-state index in [0.717, 1.165) is 11.1 Å². The van der Waals surface area contributed by atoms with Crippen molar-refractivity contribution in [2.24, 2.45) is 0 Å². The average Bonchev–Trinajstić information content (AvgIpc) is 2.62. The molecule has 1 fully saturated rings. The maximum absolute atomic E-state index is 12.8. The van der Waals surface area contributed by atoms with Crippen molar-refractivity contribution in [1.29, 1.82) is 0 Å². The van der Waals surface area contributed by atoms with Crippen molar-refractivity contribution in [3.63, 3.8) is 0 Å². The molecule has 2 atom stereocenters. The third-order valence-electron chi connectivity index (χ3n) is 4.46. The van der Waals surface area contributed by atoms with Crippen molar-refractivity contribution in [2.45, 2.75) is 26.0 Å². The van der Waals surface area contributed by atoms with Gasteiger partial charge < -0.3 is 14.7 Å². The predicted molar refractivity (Wildman–Crippen MR) is 91.6 cm³/mol. The van der Waals surface area contributed by atoms with E-state index in [9.17, 15) is 9.59 Å². The van der Waals surface area contributed by atoms with Gasteiger partial charge in [-0.25, -0.2) is 9.78 Å². The van der Waals surface area contributed by atoms with E-state index in [1.54, 1.807) is 4.90 Å². The van der Waals surface area contributed by atoms with E-state index in [1.807, 2.05) is 38.1 Å². The Bertz CT molecular complexity index is 788. The molecule has 0 unspecified atom stereocenters. The van der Waals surface area contributed by atoms with E-state index in [2.05, 4.69) is 4.98 Å². The molecule has 0 radical (unpaired) electrons. The van der Waals surface area contributed by atoms with Gasteiger partial charge in [0.05, 0.1) is 24.8 Å². The number of benzene rings is 1. The molecule has 1 aliphatic rings. The highest BCUT2D eigenvalue weighted by Crippen LogP contribution is 2.28. The lowest BCUT2D eigenvalue weighted by molar-refractivity contribution is -0.0489. The minimum Gasteiger partial charge on any atom is -0.477 e. The van der Waals surface area contributed by atoms with Gasteiger partial charge in [0.15, 0.2) is 0 Å². The highest BCUT2D eigenvalue weighted by Gasteiger charge is 2.31. The fourth-order valence-corrected chi connectivity index (χ4v) is 2.99. The number of hydrogen-bond acceptors (Lipinski definition) is 4. The van der Waals surface area contributed by atoms with E-state index in [1.165, 1.54) is 18.3 Å². The predicted octanol–water partition coefficient (Wildman–Crippen LogP) is 2.69. The molecule has 0 saturated carbocycles. The number of amides is 1. The lowest BCUT2D eigenvalue weighted by Gasteiger charge is -2.38. The fourth-order valence-electron chi connectivity index (χ4n) is 2.99. The first-order chi connectivity index (χ1) is 12.0. The number of carbonyl (C=O) groups excluding carboxylic acids is 1. The summed E-state index contributed by atoms with van der Waals surface area (Å²) in [4.78, 5) is 29.3. The van der Waals surface area contributed by atoms with E-state index in [-0.39, 0.29) is 23.7 Å². The third kappa shape index (κ3) is 3.53. The average molecular weight is 340 g/mol. The molecule has 1 aliphatic heterocycles. The molecule has 0 spiro atoms. The topological polar surface area (TPSA) is 79.7 Å². The molecule has 6 heteroatoms. The number of aromatic carboxylic acids is 1.